The van der Waals surface area contributed by atoms with Crippen molar-refractivity contribution in [2.75, 3.05) is 7.05 Å². The Labute approximate surface area is 71.3 Å². The minimum atomic E-state index is -0.404. The molecule has 1 atom stereocenters. The fourth-order valence-electron chi connectivity index (χ4n) is 0.795. The summed E-state index contributed by atoms with van der Waals surface area (Å²) in [5.41, 5.74) is 3.36. The highest BCUT2D eigenvalue weighted by atomic mass is 16.9. The molecule has 12 heavy (non-hydrogen) atoms. The Hall–Kier alpha value is -0.940. The van der Waals surface area contributed by atoms with Gasteiger partial charge in [0.25, 0.3) is 0 Å². The maximum atomic E-state index is 10.7. The Morgan fingerprint density at radius 1 is 1.42 bits per heavy atom. The third-order valence-electron chi connectivity index (χ3n) is 1.42. The molecule has 4 nitrogen and oxygen atoms in total. The lowest BCUT2D eigenvalue weighted by Gasteiger charge is -2.16. The quantitative estimate of drug-likeness (QED) is 0.603. The highest BCUT2D eigenvalue weighted by molar-refractivity contribution is 5.13. The van der Waals surface area contributed by atoms with Crippen LogP contribution in [-0.2, 0) is 11.4 Å². The van der Waals surface area contributed by atoms with E-state index in [4.69, 9.17) is 4.84 Å². The van der Waals surface area contributed by atoms with E-state index in [0.717, 1.165) is 5.56 Å². The van der Waals surface area contributed by atoms with Crippen molar-refractivity contribution in [3.63, 3.8) is 0 Å². The van der Waals surface area contributed by atoms with Crippen molar-refractivity contribution in [1.29, 1.82) is 0 Å². The summed E-state index contributed by atoms with van der Waals surface area (Å²) in [5.74, 6) is 0. The van der Waals surface area contributed by atoms with Gasteiger partial charge in [0, 0.05) is 7.05 Å². The van der Waals surface area contributed by atoms with Gasteiger partial charge in [-0.25, -0.2) is 0 Å². The van der Waals surface area contributed by atoms with Crippen LogP contribution in [0.5, 0.6) is 0 Å². The van der Waals surface area contributed by atoms with Crippen LogP contribution in [0.25, 0.3) is 0 Å². The van der Waals surface area contributed by atoms with Crippen LogP contribution in [0.1, 0.15) is 5.56 Å². The molecule has 66 valence electrons. The average Bonchev–Trinajstić information content (AvgIpc) is 2.16. The predicted octanol–water partition coefficient (Wildman–Crippen LogP) is -0.365. The summed E-state index contributed by atoms with van der Waals surface area (Å²) in [4.78, 5) is 4.83. The summed E-state index contributed by atoms with van der Waals surface area (Å²) in [6.45, 7) is 0.320. The fourth-order valence-corrected chi connectivity index (χ4v) is 0.795. The topological polar surface area (TPSA) is 48.8 Å². The summed E-state index contributed by atoms with van der Waals surface area (Å²) in [5, 5.41) is 10.2. The number of rotatable bonds is 4. The largest absolute Gasteiger partial charge is 0.579 e. The first kappa shape index (κ1) is 9.15. The molecule has 0 heterocycles. The Balaban J connectivity index is 2.33. The maximum Gasteiger partial charge on any atom is 0.134 e. The molecule has 0 aromatic heterocycles. The van der Waals surface area contributed by atoms with E-state index in [9.17, 15) is 5.21 Å². The minimum Gasteiger partial charge on any atom is -0.579 e. The molecular weight excluding hydrogens is 156 g/mol. The van der Waals surface area contributed by atoms with Crippen molar-refractivity contribution in [2.45, 2.75) is 6.61 Å². The van der Waals surface area contributed by atoms with Crippen LogP contribution < -0.4 is 10.8 Å². The van der Waals surface area contributed by atoms with E-state index < -0.39 is 5.34 Å². The van der Waals surface area contributed by atoms with Crippen LogP contribution >= 0.6 is 0 Å². The van der Waals surface area contributed by atoms with E-state index in [1.54, 1.807) is 0 Å². The second-order valence-electron chi connectivity index (χ2n) is 2.31. The molecule has 1 aromatic rings. The molecule has 0 spiro atoms. The zero-order chi connectivity index (χ0) is 8.81. The lowest BCUT2D eigenvalue weighted by Crippen LogP contribution is -3.12. The van der Waals surface area contributed by atoms with Crippen molar-refractivity contribution >= 4 is 0 Å². The Kier molecular flexibility index (Phi) is 3.69. The molecule has 0 aliphatic rings. The Bertz CT molecular complexity index is 216. The van der Waals surface area contributed by atoms with Crippen molar-refractivity contribution in [2.24, 2.45) is 0 Å². The van der Waals surface area contributed by atoms with Gasteiger partial charge in [-0.05, 0) is 5.56 Å². The molecule has 2 N–H and O–H groups in total. The molecule has 0 aliphatic heterocycles. The Morgan fingerprint density at radius 3 is 2.67 bits per heavy atom. The summed E-state index contributed by atoms with van der Waals surface area (Å²) in [7, 11) is 1.54. The number of hydrogen-bond donors (Lipinski definition) is 2. The van der Waals surface area contributed by atoms with E-state index in [2.05, 4.69) is 5.43 Å². The molecule has 0 radical (unpaired) electrons. The first-order chi connectivity index (χ1) is 5.83. The third-order valence-corrected chi connectivity index (χ3v) is 1.42. The number of nitrogens with one attached hydrogen (secondary N) is 2. The Morgan fingerprint density at radius 2 is 2.08 bits per heavy atom. The predicted molar refractivity (Wildman–Crippen MR) is 44.6 cm³/mol. The third kappa shape index (κ3) is 2.98. The van der Waals surface area contributed by atoms with Crippen LogP contribution in [0, 0.1) is 5.21 Å². The number of hydrogen-bond acceptors (Lipinski definition) is 3. The highest BCUT2D eigenvalue weighted by Crippen LogP contribution is 1.97. The molecule has 1 aromatic carbocycles. The summed E-state index contributed by atoms with van der Waals surface area (Å²) in [6.07, 6.45) is 0. The molecule has 1 rings (SSSR count). The van der Waals surface area contributed by atoms with Crippen molar-refractivity contribution < 1.29 is 10.2 Å². The van der Waals surface area contributed by atoms with Crippen LogP contribution in [0.4, 0.5) is 0 Å². The van der Waals surface area contributed by atoms with E-state index in [0.29, 0.717) is 6.61 Å². The maximum absolute atomic E-state index is 10.7. The van der Waals surface area contributed by atoms with Gasteiger partial charge >= 0.3 is 0 Å². The van der Waals surface area contributed by atoms with Gasteiger partial charge in [0.05, 0.1) is 0 Å². The van der Waals surface area contributed by atoms with Crippen LogP contribution in [-0.4, -0.2) is 7.05 Å². The monoisotopic (exact) mass is 168 g/mol. The molecule has 0 saturated carbocycles. The van der Waals surface area contributed by atoms with Gasteiger partial charge in [0.2, 0.25) is 0 Å². The molecule has 0 bridgehead atoms. The van der Waals surface area contributed by atoms with Crippen LogP contribution in [0.15, 0.2) is 30.3 Å². The van der Waals surface area contributed by atoms with E-state index in [1.165, 1.54) is 7.05 Å². The first-order valence-corrected chi connectivity index (χ1v) is 3.71. The molecule has 4 heteroatoms. The van der Waals surface area contributed by atoms with Crippen molar-refractivity contribution in [1.82, 2.24) is 5.43 Å². The standard InChI is InChI=1S/C8H12N2O2/c1-9-10(11)12-7-8-5-3-2-4-6-8/h2-6,9-10H,7H2,1H3. The van der Waals surface area contributed by atoms with Gasteiger partial charge in [-0.15, -0.1) is 10.8 Å². The summed E-state index contributed by atoms with van der Waals surface area (Å²) < 4.78 is 0. The lowest BCUT2D eigenvalue weighted by atomic mass is 10.2. The zero-order valence-electron chi connectivity index (χ0n) is 6.91. The van der Waals surface area contributed by atoms with Gasteiger partial charge in [0.1, 0.15) is 6.61 Å². The molecule has 0 amide bonds. The SMILES string of the molecule is CN[NH+]([O-])OCc1ccccc1. The molecular formula is C8H12N2O2. The molecule has 0 fully saturated rings. The normalized spacial score (nSPS) is 12.8. The van der Waals surface area contributed by atoms with E-state index >= 15 is 0 Å². The van der Waals surface area contributed by atoms with Gasteiger partial charge in [0.15, 0.2) is 0 Å². The second kappa shape index (κ2) is 4.84. The van der Waals surface area contributed by atoms with E-state index in [1.807, 2.05) is 30.3 Å². The fraction of sp³-hybridized carbons (Fsp3) is 0.250. The summed E-state index contributed by atoms with van der Waals surface area (Å²) in [6, 6.07) is 9.54. The van der Waals surface area contributed by atoms with Gasteiger partial charge in [-0.3, -0.25) is 0 Å². The van der Waals surface area contributed by atoms with Gasteiger partial charge < -0.3 is 5.21 Å². The van der Waals surface area contributed by atoms with Crippen LogP contribution in [0.2, 0.25) is 0 Å². The number of benzene rings is 1. The van der Waals surface area contributed by atoms with E-state index in [-0.39, 0.29) is 0 Å². The van der Waals surface area contributed by atoms with Crippen LogP contribution in [0.3, 0.4) is 0 Å². The minimum absolute atomic E-state index is 0.320. The zero-order valence-corrected chi connectivity index (χ0v) is 6.91. The highest BCUT2D eigenvalue weighted by Gasteiger charge is 1.94. The number of quaternary nitrogens is 1. The summed E-state index contributed by atoms with van der Waals surface area (Å²) >= 11 is 0. The average molecular weight is 168 g/mol. The molecule has 0 saturated heterocycles. The van der Waals surface area contributed by atoms with Crippen molar-refractivity contribution in [3.05, 3.63) is 41.1 Å². The lowest BCUT2D eigenvalue weighted by molar-refractivity contribution is -1.09. The second-order valence-corrected chi connectivity index (χ2v) is 2.31. The van der Waals surface area contributed by atoms with Gasteiger partial charge in [-0.2, -0.15) is 4.84 Å². The smallest absolute Gasteiger partial charge is 0.134 e. The van der Waals surface area contributed by atoms with Gasteiger partial charge in [-0.1, -0.05) is 30.3 Å². The van der Waals surface area contributed by atoms with Crippen molar-refractivity contribution in [3.8, 4) is 0 Å². The molecule has 0 aliphatic carbocycles. The first-order valence-electron chi connectivity index (χ1n) is 3.71. The molecule has 1 unspecified atom stereocenters.